The number of nitrogens with zero attached hydrogens (tertiary/aromatic N) is 3. The van der Waals surface area contributed by atoms with Crippen LogP contribution in [-0.4, -0.2) is 27.6 Å². The SMILES string of the molecule is CCNc1nnc(C(=O)Nc2cc([N+](=O)[O-])ccc2Cl)s1. The number of rotatable bonds is 5. The highest BCUT2D eigenvalue weighted by atomic mass is 35.5. The number of nitro benzene ring substituents is 1. The smallest absolute Gasteiger partial charge is 0.286 e. The number of benzene rings is 1. The van der Waals surface area contributed by atoms with Gasteiger partial charge >= 0.3 is 0 Å². The van der Waals surface area contributed by atoms with E-state index in [4.69, 9.17) is 11.6 Å². The molecular formula is C11H10ClN5O3S. The van der Waals surface area contributed by atoms with Crippen LogP contribution in [0.25, 0.3) is 0 Å². The highest BCUT2D eigenvalue weighted by Gasteiger charge is 2.16. The average Bonchev–Trinajstić information content (AvgIpc) is 2.90. The predicted molar refractivity (Wildman–Crippen MR) is 80.1 cm³/mol. The van der Waals surface area contributed by atoms with Crippen molar-refractivity contribution in [2.75, 3.05) is 17.2 Å². The Morgan fingerprint density at radius 2 is 2.24 bits per heavy atom. The number of carbonyl (C=O) groups is 1. The molecule has 0 radical (unpaired) electrons. The van der Waals surface area contributed by atoms with E-state index in [1.165, 1.54) is 18.2 Å². The molecule has 0 fully saturated rings. The van der Waals surface area contributed by atoms with Crippen LogP contribution in [0, 0.1) is 10.1 Å². The third-order valence-corrected chi connectivity index (χ3v) is 3.57. The first-order chi connectivity index (χ1) is 10.0. The van der Waals surface area contributed by atoms with E-state index in [0.29, 0.717) is 11.7 Å². The zero-order chi connectivity index (χ0) is 15.4. The lowest BCUT2D eigenvalue weighted by molar-refractivity contribution is -0.384. The fraction of sp³-hybridized carbons (Fsp3) is 0.182. The zero-order valence-electron chi connectivity index (χ0n) is 10.8. The Morgan fingerprint density at radius 3 is 2.90 bits per heavy atom. The zero-order valence-corrected chi connectivity index (χ0v) is 12.4. The molecule has 2 rings (SSSR count). The second kappa shape index (κ2) is 6.46. The molecule has 1 aromatic carbocycles. The summed E-state index contributed by atoms with van der Waals surface area (Å²) >= 11 is 6.98. The molecular weight excluding hydrogens is 318 g/mol. The van der Waals surface area contributed by atoms with E-state index in [9.17, 15) is 14.9 Å². The normalized spacial score (nSPS) is 10.2. The van der Waals surface area contributed by atoms with Crippen molar-refractivity contribution in [1.29, 1.82) is 0 Å². The molecule has 2 N–H and O–H groups in total. The van der Waals surface area contributed by atoms with E-state index < -0.39 is 10.8 Å². The minimum atomic E-state index is -0.569. The van der Waals surface area contributed by atoms with Crippen molar-refractivity contribution in [1.82, 2.24) is 10.2 Å². The quantitative estimate of drug-likeness (QED) is 0.645. The molecule has 0 atom stereocenters. The summed E-state index contributed by atoms with van der Waals surface area (Å²) < 4.78 is 0. The van der Waals surface area contributed by atoms with Gasteiger partial charge in [0.25, 0.3) is 11.6 Å². The van der Waals surface area contributed by atoms with Crippen LogP contribution >= 0.6 is 22.9 Å². The Kier molecular flexibility index (Phi) is 4.66. The lowest BCUT2D eigenvalue weighted by atomic mass is 10.3. The summed E-state index contributed by atoms with van der Waals surface area (Å²) in [5.41, 5.74) is -0.0173. The number of amides is 1. The minimum Gasteiger partial charge on any atom is -0.360 e. The van der Waals surface area contributed by atoms with Gasteiger partial charge in [-0.05, 0) is 13.0 Å². The largest absolute Gasteiger partial charge is 0.360 e. The summed E-state index contributed by atoms with van der Waals surface area (Å²) in [7, 11) is 0. The predicted octanol–water partition coefficient (Wildman–Crippen LogP) is 2.78. The molecule has 1 amide bonds. The molecule has 1 heterocycles. The third kappa shape index (κ3) is 3.64. The third-order valence-electron chi connectivity index (χ3n) is 2.36. The number of non-ortho nitro benzene ring substituents is 1. The van der Waals surface area contributed by atoms with E-state index in [2.05, 4.69) is 20.8 Å². The van der Waals surface area contributed by atoms with Gasteiger partial charge in [-0.2, -0.15) is 0 Å². The number of hydrogen-bond donors (Lipinski definition) is 2. The molecule has 10 heteroatoms. The van der Waals surface area contributed by atoms with Gasteiger partial charge in [-0.1, -0.05) is 22.9 Å². The Hall–Kier alpha value is -2.26. The fourth-order valence-corrected chi connectivity index (χ4v) is 2.31. The lowest BCUT2D eigenvalue weighted by Gasteiger charge is -2.04. The molecule has 0 saturated carbocycles. The van der Waals surface area contributed by atoms with Gasteiger partial charge in [-0.25, -0.2) is 0 Å². The Morgan fingerprint density at radius 1 is 1.48 bits per heavy atom. The summed E-state index contributed by atoms with van der Waals surface area (Å²) in [5.74, 6) is -0.529. The Bertz CT molecular complexity index is 690. The van der Waals surface area contributed by atoms with Crippen LogP contribution in [0.4, 0.5) is 16.5 Å². The van der Waals surface area contributed by atoms with Crippen LogP contribution < -0.4 is 10.6 Å². The van der Waals surface area contributed by atoms with Crippen LogP contribution in [-0.2, 0) is 0 Å². The first-order valence-corrected chi connectivity index (χ1v) is 7.03. The number of halogens is 1. The van der Waals surface area contributed by atoms with Crippen LogP contribution in [0.5, 0.6) is 0 Å². The number of hydrogen-bond acceptors (Lipinski definition) is 7. The van der Waals surface area contributed by atoms with Gasteiger partial charge in [-0.3, -0.25) is 14.9 Å². The number of nitrogens with one attached hydrogen (secondary N) is 2. The van der Waals surface area contributed by atoms with E-state index in [1.807, 2.05) is 6.92 Å². The molecule has 0 spiro atoms. The summed E-state index contributed by atoms with van der Waals surface area (Å²) in [4.78, 5) is 22.2. The van der Waals surface area contributed by atoms with E-state index in [0.717, 1.165) is 11.3 Å². The van der Waals surface area contributed by atoms with Crippen molar-refractivity contribution in [2.24, 2.45) is 0 Å². The first kappa shape index (κ1) is 15.1. The van der Waals surface area contributed by atoms with Gasteiger partial charge in [0, 0.05) is 18.7 Å². The average molecular weight is 328 g/mol. The van der Waals surface area contributed by atoms with Gasteiger partial charge < -0.3 is 10.6 Å². The molecule has 21 heavy (non-hydrogen) atoms. The van der Waals surface area contributed by atoms with Crippen LogP contribution in [0.2, 0.25) is 5.02 Å². The van der Waals surface area contributed by atoms with Gasteiger partial charge in [0.2, 0.25) is 10.1 Å². The van der Waals surface area contributed by atoms with Crippen molar-refractivity contribution in [3.63, 3.8) is 0 Å². The van der Waals surface area contributed by atoms with Crippen LogP contribution in [0.3, 0.4) is 0 Å². The monoisotopic (exact) mass is 327 g/mol. The maximum absolute atomic E-state index is 12.0. The van der Waals surface area contributed by atoms with Gasteiger partial charge in [0.05, 0.1) is 15.6 Å². The van der Waals surface area contributed by atoms with Gasteiger partial charge in [-0.15, -0.1) is 10.2 Å². The molecule has 1 aromatic heterocycles. The standard InChI is InChI=1S/C11H10ClN5O3S/c1-2-13-11-16-15-10(21-11)9(18)14-8-5-6(17(19)20)3-4-7(8)12/h3-5H,2H2,1H3,(H,13,16)(H,14,18). The lowest BCUT2D eigenvalue weighted by Crippen LogP contribution is -2.12. The molecule has 110 valence electrons. The molecule has 8 nitrogen and oxygen atoms in total. The van der Waals surface area contributed by atoms with E-state index >= 15 is 0 Å². The number of aromatic nitrogens is 2. The maximum Gasteiger partial charge on any atom is 0.286 e. The second-order valence-electron chi connectivity index (χ2n) is 3.82. The number of anilines is 2. The minimum absolute atomic E-state index is 0.133. The summed E-state index contributed by atoms with van der Waals surface area (Å²) in [6.07, 6.45) is 0. The van der Waals surface area contributed by atoms with Crippen molar-refractivity contribution in [3.05, 3.63) is 38.3 Å². The van der Waals surface area contributed by atoms with Crippen molar-refractivity contribution < 1.29 is 9.72 Å². The molecule has 0 aliphatic heterocycles. The molecule has 2 aromatic rings. The van der Waals surface area contributed by atoms with E-state index in [-0.39, 0.29) is 21.4 Å². The van der Waals surface area contributed by atoms with Crippen LogP contribution in [0.15, 0.2) is 18.2 Å². The molecule has 0 aliphatic rings. The highest BCUT2D eigenvalue weighted by Crippen LogP contribution is 2.27. The topological polar surface area (TPSA) is 110 Å². The Balaban J connectivity index is 2.18. The molecule has 0 aliphatic carbocycles. The first-order valence-electron chi connectivity index (χ1n) is 5.84. The van der Waals surface area contributed by atoms with E-state index in [1.54, 1.807) is 0 Å². The highest BCUT2D eigenvalue weighted by molar-refractivity contribution is 7.17. The summed E-state index contributed by atoms with van der Waals surface area (Å²) in [6, 6.07) is 3.79. The number of nitro groups is 1. The van der Waals surface area contributed by atoms with Crippen LogP contribution in [0.1, 0.15) is 16.7 Å². The van der Waals surface area contributed by atoms with Gasteiger partial charge in [0.15, 0.2) is 0 Å². The van der Waals surface area contributed by atoms with Crippen molar-refractivity contribution in [3.8, 4) is 0 Å². The number of carbonyl (C=O) groups excluding carboxylic acids is 1. The summed E-state index contributed by atoms with van der Waals surface area (Å²) in [5, 5.41) is 24.5. The maximum atomic E-state index is 12.0. The molecule has 0 saturated heterocycles. The van der Waals surface area contributed by atoms with Crippen molar-refractivity contribution >= 4 is 45.4 Å². The summed E-state index contributed by atoms with van der Waals surface area (Å²) in [6.45, 7) is 2.55. The van der Waals surface area contributed by atoms with Gasteiger partial charge in [0.1, 0.15) is 0 Å². The molecule has 0 bridgehead atoms. The Labute approximate surface area is 128 Å². The van der Waals surface area contributed by atoms with Crippen molar-refractivity contribution in [2.45, 2.75) is 6.92 Å². The second-order valence-corrected chi connectivity index (χ2v) is 5.20. The fourth-order valence-electron chi connectivity index (χ4n) is 1.44. The molecule has 0 unspecified atom stereocenters.